The van der Waals surface area contributed by atoms with E-state index in [2.05, 4.69) is 19.1 Å². The minimum atomic E-state index is -0.748. The third kappa shape index (κ3) is 17.1. The van der Waals surface area contributed by atoms with Gasteiger partial charge < -0.3 is 10.2 Å². The number of aliphatic carboxylic acids is 1. The van der Waals surface area contributed by atoms with E-state index in [0.29, 0.717) is 6.42 Å². The van der Waals surface area contributed by atoms with Crippen LogP contribution in [0.3, 0.4) is 0 Å². The number of unbranched alkanes of at least 4 members (excludes halogenated alkanes) is 7. The van der Waals surface area contributed by atoms with E-state index in [9.17, 15) is 9.90 Å². The van der Waals surface area contributed by atoms with Crippen LogP contribution in [-0.4, -0.2) is 22.3 Å². The maximum absolute atomic E-state index is 10.3. The van der Waals surface area contributed by atoms with Gasteiger partial charge in [0.15, 0.2) is 0 Å². The number of carboxylic acid groups (broad SMARTS) is 1. The number of hydrogen-bond donors (Lipinski definition) is 2. The van der Waals surface area contributed by atoms with Crippen LogP contribution in [0, 0.1) is 0 Å². The quantitative estimate of drug-likeness (QED) is 0.327. The molecular formula is C18H34O3. The molecule has 0 rings (SSSR count). The molecule has 0 aliphatic heterocycles. The zero-order valence-corrected chi connectivity index (χ0v) is 13.7. The summed E-state index contributed by atoms with van der Waals surface area (Å²) in [7, 11) is 0. The Bertz CT molecular complexity index is 261. The summed E-state index contributed by atoms with van der Waals surface area (Å²) in [5, 5.41) is 18.3. The summed E-state index contributed by atoms with van der Waals surface area (Å²) < 4.78 is 0. The molecule has 1 atom stereocenters. The minimum absolute atomic E-state index is 0.213. The molecule has 0 spiro atoms. The molecule has 0 aromatic heterocycles. The lowest BCUT2D eigenvalue weighted by molar-refractivity contribution is -0.137. The van der Waals surface area contributed by atoms with Crippen molar-refractivity contribution >= 4 is 5.97 Å². The molecule has 0 aliphatic rings. The lowest BCUT2D eigenvalue weighted by Gasteiger charge is -2.07. The summed E-state index contributed by atoms with van der Waals surface area (Å²) >= 11 is 0. The van der Waals surface area contributed by atoms with E-state index in [1.54, 1.807) is 0 Å². The molecule has 124 valence electrons. The molecule has 2 N–H and O–H groups in total. The van der Waals surface area contributed by atoms with Crippen LogP contribution in [0.5, 0.6) is 0 Å². The first-order valence-electron chi connectivity index (χ1n) is 8.71. The SMILES string of the molecule is CCCCCCCCC=CCCC(O)CCCCC(=O)O. The second kappa shape index (κ2) is 15.6. The maximum Gasteiger partial charge on any atom is 0.303 e. The van der Waals surface area contributed by atoms with Crippen LogP contribution in [0.4, 0.5) is 0 Å². The van der Waals surface area contributed by atoms with Gasteiger partial charge in [-0.05, 0) is 38.5 Å². The molecule has 0 saturated heterocycles. The number of carbonyl (C=O) groups is 1. The third-order valence-electron chi connectivity index (χ3n) is 3.74. The van der Waals surface area contributed by atoms with Crippen LogP contribution in [0.25, 0.3) is 0 Å². The van der Waals surface area contributed by atoms with Crippen molar-refractivity contribution in [1.29, 1.82) is 0 Å². The number of hydrogen-bond acceptors (Lipinski definition) is 2. The Morgan fingerprint density at radius 2 is 1.57 bits per heavy atom. The van der Waals surface area contributed by atoms with Crippen molar-refractivity contribution in [3.05, 3.63) is 12.2 Å². The van der Waals surface area contributed by atoms with Crippen LogP contribution in [-0.2, 0) is 4.79 Å². The van der Waals surface area contributed by atoms with Crippen molar-refractivity contribution < 1.29 is 15.0 Å². The van der Waals surface area contributed by atoms with Crippen LogP contribution in [0.2, 0.25) is 0 Å². The minimum Gasteiger partial charge on any atom is -0.481 e. The van der Waals surface area contributed by atoms with E-state index in [0.717, 1.165) is 32.1 Å². The molecule has 0 bridgehead atoms. The summed E-state index contributed by atoms with van der Waals surface area (Å²) in [6, 6.07) is 0. The predicted molar refractivity (Wildman–Crippen MR) is 88.5 cm³/mol. The second-order valence-corrected chi connectivity index (χ2v) is 5.90. The molecule has 0 fully saturated rings. The van der Waals surface area contributed by atoms with Gasteiger partial charge in [0.1, 0.15) is 0 Å². The molecule has 0 aromatic carbocycles. The topological polar surface area (TPSA) is 57.5 Å². The molecule has 0 aliphatic carbocycles. The monoisotopic (exact) mass is 298 g/mol. The Hall–Kier alpha value is -0.830. The van der Waals surface area contributed by atoms with Gasteiger partial charge in [-0.1, -0.05) is 57.6 Å². The lowest BCUT2D eigenvalue weighted by Crippen LogP contribution is -2.06. The van der Waals surface area contributed by atoms with Crippen molar-refractivity contribution in [3.63, 3.8) is 0 Å². The molecule has 0 saturated carbocycles. The zero-order chi connectivity index (χ0) is 15.8. The Morgan fingerprint density at radius 1 is 0.905 bits per heavy atom. The number of rotatable bonds is 15. The summed E-state index contributed by atoms with van der Waals surface area (Å²) in [6.45, 7) is 2.24. The van der Waals surface area contributed by atoms with E-state index in [-0.39, 0.29) is 12.5 Å². The standard InChI is InChI=1S/C18H34O3/c1-2-3-4-5-6-7-8-9-10-11-14-17(19)15-12-13-16-18(20)21/h9-10,17,19H,2-8,11-16H2,1H3,(H,20,21). The fourth-order valence-electron chi connectivity index (χ4n) is 2.37. The molecule has 3 nitrogen and oxygen atoms in total. The molecule has 0 heterocycles. The third-order valence-corrected chi connectivity index (χ3v) is 3.74. The Balaban J connectivity index is 3.27. The van der Waals surface area contributed by atoms with Crippen molar-refractivity contribution in [2.75, 3.05) is 0 Å². The molecular weight excluding hydrogens is 264 g/mol. The van der Waals surface area contributed by atoms with Gasteiger partial charge in [-0.15, -0.1) is 0 Å². The first kappa shape index (κ1) is 20.2. The first-order valence-corrected chi connectivity index (χ1v) is 8.71. The molecule has 0 amide bonds. The largest absolute Gasteiger partial charge is 0.481 e. The van der Waals surface area contributed by atoms with Crippen LogP contribution < -0.4 is 0 Å². The van der Waals surface area contributed by atoms with Gasteiger partial charge >= 0.3 is 5.97 Å². The van der Waals surface area contributed by atoms with Gasteiger partial charge in [0.25, 0.3) is 0 Å². The Labute approximate surface area is 130 Å². The number of allylic oxidation sites excluding steroid dienone is 2. The van der Waals surface area contributed by atoms with Crippen LogP contribution >= 0.6 is 0 Å². The Kier molecular flexibility index (Phi) is 14.9. The van der Waals surface area contributed by atoms with Gasteiger partial charge in [-0.25, -0.2) is 0 Å². The van der Waals surface area contributed by atoms with E-state index in [4.69, 9.17) is 5.11 Å². The summed E-state index contributed by atoms with van der Waals surface area (Å²) in [5.41, 5.74) is 0. The summed E-state index contributed by atoms with van der Waals surface area (Å²) in [4.78, 5) is 10.3. The summed E-state index contributed by atoms with van der Waals surface area (Å²) in [5.74, 6) is -0.748. The average Bonchev–Trinajstić information content (AvgIpc) is 2.45. The molecule has 1 unspecified atom stereocenters. The number of carboxylic acids is 1. The zero-order valence-electron chi connectivity index (χ0n) is 13.7. The predicted octanol–water partition coefficient (Wildman–Crippen LogP) is 5.08. The van der Waals surface area contributed by atoms with Gasteiger partial charge in [-0.2, -0.15) is 0 Å². The van der Waals surface area contributed by atoms with E-state index in [1.807, 2.05) is 0 Å². The fourth-order valence-corrected chi connectivity index (χ4v) is 2.37. The van der Waals surface area contributed by atoms with Crippen molar-refractivity contribution in [1.82, 2.24) is 0 Å². The summed E-state index contributed by atoms with van der Waals surface area (Å²) in [6.07, 6.45) is 17.4. The Morgan fingerprint density at radius 3 is 2.29 bits per heavy atom. The maximum atomic E-state index is 10.3. The fraction of sp³-hybridized carbons (Fsp3) is 0.833. The van der Waals surface area contributed by atoms with Crippen molar-refractivity contribution in [2.24, 2.45) is 0 Å². The van der Waals surface area contributed by atoms with Gasteiger partial charge in [-0.3, -0.25) is 4.79 Å². The van der Waals surface area contributed by atoms with Crippen molar-refractivity contribution in [2.45, 2.75) is 96.5 Å². The van der Waals surface area contributed by atoms with Crippen molar-refractivity contribution in [3.8, 4) is 0 Å². The molecule has 0 aromatic rings. The van der Waals surface area contributed by atoms with E-state index >= 15 is 0 Å². The highest BCUT2D eigenvalue weighted by Gasteiger charge is 2.03. The molecule has 3 heteroatoms. The second-order valence-electron chi connectivity index (χ2n) is 5.90. The smallest absolute Gasteiger partial charge is 0.303 e. The van der Waals surface area contributed by atoms with Crippen LogP contribution in [0.15, 0.2) is 12.2 Å². The van der Waals surface area contributed by atoms with Gasteiger partial charge in [0.2, 0.25) is 0 Å². The molecule has 0 radical (unpaired) electrons. The number of aliphatic hydroxyl groups excluding tert-OH is 1. The highest BCUT2D eigenvalue weighted by Crippen LogP contribution is 2.10. The highest BCUT2D eigenvalue weighted by molar-refractivity contribution is 5.66. The highest BCUT2D eigenvalue weighted by atomic mass is 16.4. The van der Waals surface area contributed by atoms with Gasteiger partial charge in [0, 0.05) is 6.42 Å². The van der Waals surface area contributed by atoms with Crippen LogP contribution in [0.1, 0.15) is 90.4 Å². The molecule has 21 heavy (non-hydrogen) atoms. The van der Waals surface area contributed by atoms with Gasteiger partial charge in [0.05, 0.1) is 6.10 Å². The average molecular weight is 298 g/mol. The van der Waals surface area contributed by atoms with E-state index < -0.39 is 5.97 Å². The normalized spacial score (nSPS) is 12.9. The van der Waals surface area contributed by atoms with E-state index in [1.165, 1.54) is 38.5 Å². The first-order chi connectivity index (χ1) is 10.2. The number of aliphatic hydroxyl groups is 1. The lowest BCUT2D eigenvalue weighted by atomic mass is 10.1.